The first-order valence-electron chi connectivity index (χ1n) is 6.06. The summed E-state index contributed by atoms with van der Waals surface area (Å²) >= 11 is 0. The predicted octanol–water partition coefficient (Wildman–Crippen LogP) is 1.72. The van der Waals surface area contributed by atoms with Gasteiger partial charge in [0.1, 0.15) is 0 Å². The number of carbonyl (C=O) groups is 1. The molecule has 0 spiro atoms. The molecule has 8 heteroatoms. The smallest absolute Gasteiger partial charge is 0.307 e. The van der Waals surface area contributed by atoms with Crippen LogP contribution in [0.2, 0.25) is 0 Å². The molecule has 0 fully saturated rings. The highest BCUT2D eigenvalue weighted by molar-refractivity contribution is 7.92. The van der Waals surface area contributed by atoms with Crippen molar-refractivity contribution in [2.45, 2.75) is 25.2 Å². The topological polar surface area (TPSA) is 110 Å². The van der Waals surface area contributed by atoms with Crippen molar-refractivity contribution in [1.82, 2.24) is 5.16 Å². The van der Waals surface area contributed by atoms with E-state index in [4.69, 9.17) is 9.63 Å². The van der Waals surface area contributed by atoms with Gasteiger partial charge in [-0.05, 0) is 31.5 Å². The summed E-state index contributed by atoms with van der Waals surface area (Å²) in [7, 11) is -3.80. The van der Waals surface area contributed by atoms with Crippen molar-refractivity contribution in [3.05, 3.63) is 41.1 Å². The zero-order valence-corrected chi connectivity index (χ0v) is 12.3. The molecule has 0 unspecified atom stereocenters. The minimum atomic E-state index is -3.80. The number of hydrogen-bond acceptors (Lipinski definition) is 5. The van der Waals surface area contributed by atoms with Gasteiger partial charge in [-0.1, -0.05) is 17.3 Å². The Balaban J connectivity index is 2.23. The molecule has 112 valence electrons. The summed E-state index contributed by atoms with van der Waals surface area (Å²) in [5.41, 5.74) is 1.73. The van der Waals surface area contributed by atoms with Gasteiger partial charge in [0.25, 0.3) is 10.0 Å². The Morgan fingerprint density at radius 1 is 1.29 bits per heavy atom. The molecule has 0 aliphatic rings. The molecule has 1 aromatic carbocycles. The second kappa shape index (κ2) is 5.57. The molecular formula is C13H14N2O5S. The van der Waals surface area contributed by atoms with E-state index in [1.807, 2.05) is 0 Å². The van der Waals surface area contributed by atoms with Crippen LogP contribution in [0.3, 0.4) is 0 Å². The maximum absolute atomic E-state index is 12.2. The first kappa shape index (κ1) is 15.0. The highest BCUT2D eigenvalue weighted by Gasteiger charge is 2.19. The fourth-order valence-corrected chi connectivity index (χ4v) is 2.70. The van der Waals surface area contributed by atoms with Gasteiger partial charge in [-0.25, -0.2) is 13.1 Å². The molecule has 0 saturated heterocycles. The van der Waals surface area contributed by atoms with Crippen molar-refractivity contribution in [3.8, 4) is 0 Å². The van der Waals surface area contributed by atoms with Crippen molar-refractivity contribution in [2.24, 2.45) is 0 Å². The molecule has 0 amide bonds. The third-order valence-corrected chi connectivity index (χ3v) is 4.32. The molecule has 2 N–H and O–H groups in total. The molecule has 2 aromatic rings. The fraction of sp³-hybridized carbons (Fsp3) is 0.231. The van der Waals surface area contributed by atoms with E-state index in [-0.39, 0.29) is 17.2 Å². The van der Waals surface area contributed by atoms with Crippen LogP contribution in [0.15, 0.2) is 33.7 Å². The second-order valence-electron chi connectivity index (χ2n) is 4.54. The van der Waals surface area contributed by atoms with Gasteiger partial charge in [0.05, 0.1) is 17.0 Å². The number of aliphatic carboxylic acids is 1. The number of carboxylic acids is 1. The largest absolute Gasteiger partial charge is 0.481 e. The quantitative estimate of drug-likeness (QED) is 0.870. The summed E-state index contributed by atoms with van der Waals surface area (Å²) in [4.78, 5) is 10.6. The summed E-state index contributed by atoms with van der Waals surface area (Å²) in [6.45, 7) is 3.40. The lowest BCUT2D eigenvalue weighted by Crippen LogP contribution is -2.13. The van der Waals surface area contributed by atoms with Gasteiger partial charge in [0, 0.05) is 5.56 Å². The van der Waals surface area contributed by atoms with Crippen LogP contribution in [0, 0.1) is 13.8 Å². The molecule has 21 heavy (non-hydrogen) atoms. The Bertz CT molecular complexity index is 762. The van der Waals surface area contributed by atoms with E-state index in [0.717, 1.165) is 0 Å². The van der Waals surface area contributed by atoms with Gasteiger partial charge < -0.3 is 9.63 Å². The van der Waals surface area contributed by atoms with Crippen molar-refractivity contribution in [3.63, 3.8) is 0 Å². The number of nitrogens with zero attached hydrogens (tertiary/aromatic N) is 1. The van der Waals surface area contributed by atoms with Crippen LogP contribution in [0.5, 0.6) is 0 Å². The first-order valence-corrected chi connectivity index (χ1v) is 7.54. The van der Waals surface area contributed by atoms with E-state index in [1.165, 1.54) is 24.3 Å². The third kappa shape index (κ3) is 3.40. The van der Waals surface area contributed by atoms with Crippen molar-refractivity contribution >= 4 is 21.9 Å². The second-order valence-corrected chi connectivity index (χ2v) is 6.22. The summed E-state index contributed by atoms with van der Waals surface area (Å²) < 4.78 is 31.6. The Kier molecular flexibility index (Phi) is 3.99. The Morgan fingerprint density at radius 2 is 1.90 bits per heavy atom. The Labute approximate surface area is 121 Å². The van der Waals surface area contributed by atoms with Crippen molar-refractivity contribution in [2.75, 3.05) is 4.72 Å². The summed E-state index contributed by atoms with van der Waals surface area (Å²) in [6.07, 6.45) is -0.159. The van der Waals surface area contributed by atoms with Crippen LogP contribution in [-0.2, 0) is 21.2 Å². The van der Waals surface area contributed by atoms with Crippen LogP contribution in [0.1, 0.15) is 16.8 Å². The number of aryl methyl sites for hydroxylation is 1. The van der Waals surface area contributed by atoms with E-state index in [9.17, 15) is 13.2 Å². The normalized spacial score (nSPS) is 11.3. The predicted molar refractivity (Wildman–Crippen MR) is 74.6 cm³/mol. The van der Waals surface area contributed by atoms with Crippen LogP contribution in [-0.4, -0.2) is 24.7 Å². The van der Waals surface area contributed by atoms with Gasteiger partial charge >= 0.3 is 5.97 Å². The van der Waals surface area contributed by atoms with Crippen LogP contribution in [0.25, 0.3) is 0 Å². The van der Waals surface area contributed by atoms with Gasteiger partial charge in [0.15, 0.2) is 0 Å². The Hall–Kier alpha value is -2.35. The van der Waals surface area contributed by atoms with E-state index in [0.29, 0.717) is 16.8 Å². The number of sulfonamides is 1. The van der Waals surface area contributed by atoms with E-state index < -0.39 is 16.0 Å². The van der Waals surface area contributed by atoms with E-state index in [2.05, 4.69) is 9.88 Å². The lowest BCUT2D eigenvalue weighted by molar-refractivity contribution is -0.136. The minimum absolute atomic E-state index is 0.0186. The fourth-order valence-electron chi connectivity index (χ4n) is 1.65. The maximum Gasteiger partial charge on any atom is 0.307 e. The highest BCUT2D eigenvalue weighted by Crippen LogP contribution is 2.21. The zero-order chi connectivity index (χ0) is 15.6. The van der Waals surface area contributed by atoms with E-state index in [1.54, 1.807) is 13.8 Å². The molecule has 1 heterocycles. The van der Waals surface area contributed by atoms with Gasteiger partial charge in [-0.15, -0.1) is 0 Å². The zero-order valence-electron chi connectivity index (χ0n) is 11.5. The molecule has 2 rings (SSSR count). The number of benzene rings is 1. The average molecular weight is 310 g/mol. The van der Waals surface area contributed by atoms with Gasteiger partial charge in [0.2, 0.25) is 5.88 Å². The summed E-state index contributed by atoms with van der Waals surface area (Å²) in [5.74, 6) is -0.904. The average Bonchev–Trinajstić information content (AvgIpc) is 2.70. The maximum atomic E-state index is 12.2. The number of anilines is 1. The summed E-state index contributed by atoms with van der Waals surface area (Å²) in [5, 5.41) is 12.3. The summed E-state index contributed by atoms with van der Waals surface area (Å²) in [6, 6.07) is 5.61. The third-order valence-electron chi connectivity index (χ3n) is 2.97. The number of hydrogen-bond donors (Lipinski definition) is 2. The van der Waals surface area contributed by atoms with Crippen LogP contribution < -0.4 is 4.72 Å². The molecular weight excluding hydrogens is 296 g/mol. The molecule has 0 radical (unpaired) electrons. The number of nitrogens with one attached hydrogen (secondary N) is 1. The molecule has 0 atom stereocenters. The molecule has 1 aromatic heterocycles. The number of rotatable bonds is 5. The minimum Gasteiger partial charge on any atom is -0.481 e. The number of aromatic nitrogens is 1. The number of carboxylic acid groups (broad SMARTS) is 1. The molecule has 0 bridgehead atoms. The highest BCUT2D eigenvalue weighted by atomic mass is 32.2. The van der Waals surface area contributed by atoms with Crippen LogP contribution in [0.4, 0.5) is 5.88 Å². The standard InChI is InChI=1S/C13H14N2O5S/c1-8-9(2)14-20-13(8)15-21(18,19)11-5-3-10(4-6-11)7-12(16)17/h3-6,15H,7H2,1-2H3,(H,16,17). The SMILES string of the molecule is Cc1noc(NS(=O)(=O)c2ccc(CC(=O)O)cc2)c1C. The lowest BCUT2D eigenvalue weighted by Gasteiger charge is -2.06. The first-order chi connectivity index (χ1) is 9.79. The Morgan fingerprint density at radius 3 is 2.38 bits per heavy atom. The molecule has 0 saturated carbocycles. The lowest BCUT2D eigenvalue weighted by atomic mass is 10.2. The van der Waals surface area contributed by atoms with Gasteiger partial charge in [-0.2, -0.15) is 0 Å². The van der Waals surface area contributed by atoms with Crippen LogP contribution >= 0.6 is 0 Å². The molecule has 0 aliphatic heterocycles. The molecule has 0 aliphatic carbocycles. The van der Waals surface area contributed by atoms with Gasteiger partial charge in [-0.3, -0.25) is 4.79 Å². The van der Waals surface area contributed by atoms with Crippen molar-refractivity contribution in [1.29, 1.82) is 0 Å². The van der Waals surface area contributed by atoms with E-state index >= 15 is 0 Å². The molecule has 7 nitrogen and oxygen atoms in total. The van der Waals surface area contributed by atoms with Crippen molar-refractivity contribution < 1.29 is 22.8 Å². The monoisotopic (exact) mass is 310 g/mol.